The summed E-state index contributed by atoms with van der Waals surface area (Å²) in [6.45, 7) is 3.37. The molecule has 1 aromatic carbocycles. The predicted octanol–water partition coefficient (Wildman–Crippen LogP) is 4.21. The van der Waals surface area contributed by atoms with E-state index in [1.54, 1.807) is 0 Å². The van der Waals surface area contributed by atoms with Crippen molar-refractivity contribution in [3.63, 3.8) is 0 Å². The molecule has 1 N–H and O–H groups in total. The van der Waals surface area contributed by atoms with Crippen LogP contribution in [0.4, 0.5) is 0 Å². The van der Waals surface area contributed by atoms with Gasteiger partial charge in [-0.15, -0.1) is 11.8 Å². The van der Waals surface area contributed by atoms with Crippen LogP contribution >= 0.6 is 23.4 Å². The summed E-state index contributed by atoms with van der Waals surface area (Å²) in [5.41, 5.74) is 0. The number of hydrogen-bond acceptors (Lipinski definition) is 2. The Bertz CT molecular complexity index is 335. The fourth-order valence-electron chi connectivity index (χ4n) is 1.91. The lowest BCUT2D eigenvalue weighted by molar-refractivity contribution is 0.503. The molecule has 1 fully saturated rings. The van der Waals surface area contributed by atoms with Gasteiger partial charge in [0.1, 0.15) is 0 Å². The molecule has 0 amide bonds. The molecule has 1 aliphatic rings. The molecule has 0 radical (unpaired) electrons. The Hall–Kier alpha value is -0.180. The molecule has 0 saturated heterocycles. The van der Waals surface area contributed by atoms with Crippen molar-refractivity contribution in [1.29, 1.82) is 0 Å². The van der Waals surface area contributed by atoms with Crippen LogP contribution in [-0.2, 0) is 0 Å². The Kier molecular flexibility index (Phi) is 5.20. The second kappa shape index (κ2) is 6.67. The number of thioether (sulfide) groups is 1. The Labute approximate surface area is 113 Å². The van der Waals surface area contributed by atoms with Crippen LogP contribution in [0.2, 0.25) is 5.02 Å². The molecule has 94 valence electrons. The lowest BCUT2D eigenvalue weighted by atomic mass is 10.2. The highest BCUT2D eigenvalue weighted by Crippen LogP contribution is 2.35. The van der Waals surface area contributed by atoms with Crippen LogP contribution in [0.25, 0.3) is 0 Å². The SMILES string of the molecule is CCCNC(CSc1ccc(Cl)cc1)C1CC1. The second-order valence-corrected chi connectivity index (χ2v) is 6.19. The van der Waals surface area contributed by atoms with Gasteiger partial charge in [-0.25, -0.2) is 0 Å². The lowest BCUT2D eigenvalue weighted by Crippen LogP contribution is -2.33. The minimum atomic E-state index is 0.690. The molecule has 17 heavy (non-hydrogen) atoms. The van der Waals surface area contributed by atoms with Crippen molar-refractivity contribution in [1.82, 2.24) is 5.32 Å². The highest BCUT2D eigenvalue weighted by atomic mass is 35.5. The first kappa shape index (κ1) is 13.3. The van der Waals surface area contributed by atoms with Gasteiger partial charge in [-0.3, -0.25) is 0 Å². The summed E-state index contributed by atoms with van der Waals surface area (Å²) < 4.78 is 0. The Morgan fingerprint density at radius 2 is 2.06 bits per heavy atom. The predicted molar refractivity (Wildman–Crippen MR) is 77.0 cm³/mol. The molecule has 0 aromatic heterocycles. The van der Waals surface area contributed by atoms with E-state index < -0.39 is 0 Å². The third-order valence-corrected chi connectivity index (χ3v) is 4.47. The fraction of sp³-hybridized carbons (Fsp3) is 0.571. The van der Waals surface area contributed by atoms with Crippen molar-refractivity contribution in [2.24, 2.45) is 5.92 Å². The largest absolute Gasteiger partial charge is 0.313 e. The summed E-state index contributed by atoms with van der Waals surface area (Å²) in [5.74, 6) is 2.09. The van der Waals surface area contributed by atoms with Crippen LogP contribution in [0.3, 0.4) is 0 Å². The van der Waals surface area contributed by atoms with Gasteiger partial charge in [0.2, 0.25) is 0 Å². The van der Waals surface area contributed by atoms with E-state index in [2.05, 4.69) is 24.4 Å². The minimum absolute atomic E-state index is 0.690. The number of nitrogens with one attached hydrogen (secondary N) is 1. The Balaban J connectivity index is 1.80. The van der Waals surface area contributed by atoms with E-state index in [4.69, 9.17) is 11.6 Å². The van der Waals surface area contributed by atoms with Crippen molar-refractivity contribution in [3.8, 4) is 0 Å². The zero-order valence-electron chi connectivity index (χ0n) is 10.3. The first-order chi connectivity index (χ1) is 8.29. The van der Waals surface area contributed by atoms with Gasteiger partial charge in [-0.05, 0) is 56.0 Å². The van der Waals surface area contributed by atoms with Crippen LogP contribution in [0, 0.1) is 5.92 Å². The lowest BCUT2D eigenvalue weighted by Gasteiger charge is -2.17. The summed E-state index contributed by atoms with van der Waals surface area (Å²) in [7, 11) is 0. The van der Waals surface area contributed by atoms with Crippen molar-refractivity contribution in [2.75, 3.05) is 12.3 Å². The van der Waals surface area contributed by atoms with E-state index in [-0.39, 0.29) is 0 Å². The van der Waals surface area contributed by atoms with Gasteiger partial charge in [0.05, 0.1) is 0 Å². The van der Waals surface area contributed by atoms with Gasteiger partial charge >= 0.3 is 0 Å². The number of benzene rings is 1. The topological polar surface area (TPSA) is 12.0 Å². The Morgan fingerprint density at radius 1 is 1.35 bits per heavy atom. The standard InChI is InChI=1S/C14H20ClNS/c1-2-9-16-14(11-3-4-11)10-17-13-7-5-12(15)6-8-13/h5-8,11,14,16H,2-4,9-10H2,1H3. The van der Waals surface area contributed by atoms with E-state index in [0.29, 0.717) is 6.04 Å². The summed E-state index contributed by atoms with van der Waals surface area (Å²) >= 11 is 7.82. The molecular weight excluding hydrogens is 250 g/mol. The van der Waals surface area contributed by atoms with E-state index >= 15 is 0 Å². The molecule has 3 heteroatoms. The van der Waals surface area contributed by atoms with Crippen molar-refractivity contribution < 1.29 is 0 Å². The quantitative estimate of drug-likeness (QED) is 0.744. The van der Waals surface area contributed by atoms with Gasteiger partial charge in [0.25, 0.3) is 0 Å². The van der Waals surface area contributed by atoms with Crippen molar-refractivity contribution in [2.45, 2.75) is 37.1 Å². The van der Waals surface area contributed by atoms with Crippen molar-refractivity contribution in [3.05, 3.63) is 29.3 Å². The third kappa shape index (κ3) is 4.53. The summed E-state index contributed by atoms with van der Waals surface area (Å²) in [6.07, 6.45) is 4.03. The zero-order valence-corrected chi connectivity index (χ0v) is 11.9. The van der Waals surface area contributed by atoms with Crippen LogP contribution in [0.5, 0.6) is 0 Å². The maximum Gasteiger partial charge on any atom is 0.0406 e. The van der Waals surface area contributed by atoms with Gasteiger partial charge in [0, 0.05) is 21.7 Å². The van der Waals surface area contributed by atoms with Gasteiger partial charge in [-0.2, -0.15) is 0 Å². The zero-order chi connectivity index (χ0) is 12.1. The first-order valence-corrected chi connectivity index (χ1v) is 7.77. The van der Waals surface area contributed by atoms with E-state index in [1.165, 1.54) is 29.9 Å². The molecule has 1 saturated carbocycles. The normalized spacial score (nSPS) is 17.1. The van der Waals surface area contributed by atoms with E-state index in [1.807, 2.05) is 23.9 Å². The maximum absolute atomic E-state index is 5.88. The third-order valence-electron chi connectivity index (χ3n) is 3.09. The van der Waals surface area contributed by atoms with Crippen LogP contribution in [-0.4, -0.2) is 18.3 Å². The second-order valence-electron chi connectivity index (χ2n) is 4.66. The van der Waals surface area contributed by atoms with Crippen LogP contribution in [0.15, 0.2) is 29.2 Å². The fourth-order valence-corrected chi connectivity index (χ4v) is 3.12. The van der Waals surface area contributed by atoms with Gasteiger partial charge < -0.3 is 5.32 Å². The first-order valence-electron chi connectivity index (χ1n) is 6.41. The summed E-state index contributed by atoms with van der Waals surface area (Å²) in [6, 6.07) is 8.84. The number of halogens is 1. The van der Waals surface area contributed by atoms with E-state index in [9.17, 15) is 0 Å². The molecule has 0 heterocycles. The van der Waals surface area contributed by atoms with Crippen molar-refractivity contribution >= 4 is 23.4 Å². The molecule has 0 aliphatic heterocycles. The minimum Gasteiger partial charge on any atom is -0.313 e. The monoisotopic (exact) mass is 269 g/mol. The molecule has 1 nitrogen and oxygen atoms in total. The highest BCUT2D eigenvalue weighted by Gasteiger charge is 2.30. The molecule has 0 bridgehead atoms. The maximum atomic E-state index is 5.88. The molecule has 1 atom stereocenters. The highest BCUT2D eigenvalue weighted by molar-refractivity contribution is 7.99. The molecule has 1 aromatic rings. The average molecular weight is 270 g/mol. The molecular formula is C14H20ClNS. The Morgan fingerprint density at radius 3 is 2.65 bits per heavy atom. The van der Waals surface area contributed by atoms with Gasteiger partial charge in [-0.1, -0.05) is 18.5 Å². The smallest absolute Gasteiger partial charge is 0.0406 e. The molecule has 0 spiro atoms. The van der Waals surface area contributed by atoms with Gasteiger partial charge in [0.15, 0.2) is 0 Å². The number of hydrogen-bond donors (Lipinski definition) is 1. The molecule has 1 aliphatic carbocycles. The molecule has 1 unspecified atom stereocenters. The van der Waals surface area contributed by atoms with E-state index in [0.717, 1.165) is 17.5 Å². The molecule has 2 rings (SSSR count). The van der Waals surface area contributed by atoms with Crippen LogP contribution < -0.4 is 5.32 Å². The number of rotatable bonds is 7. The summed E-state index contributed by atoms with van der Waals surface area (Å²) in [5, 5.41) is 4.48. The average Bonchev–Trinajstić information content (AvgIpc) is 3.16. The van der Waals surface area contributed by atoms with Crippen LogP contribution in [0.1, 0.15) is 26.2 Å². The summed E-state index contributed by atoms with van der Waals surface area (Å²) in [4.78, 5) is 1.32.